The van der Waals surface area contributed by atoms with E-state index < -0.39 is 31.6 Å². The molecule has 2 saturated heterocycles. The molecule has 0 bridgehead atoms. The standard InChI is InChI=1S/C32H41FN6O4Si/c1-20-29(44(2,3)33)28(13-15-39-18-27(37-38-39)24(19-40)21-8-5-4-6-9-21)43-32(20)25-16-23(11-12-26(25)36-31(32)42)35-30(41)22-10-7-14-34-17-22/h4-6,8-9,11-12,16,18,20,22,24,28-29,34,40H,7,10,13-15,17,19H2,1-3H3,(H,35,41)(H,36,42)/t20-,22?,24?,28+,29-,32+/m0/s1. The molecule has 2 amide bonds. The zero-order valence-electron chi connectivity index (χ0n) is 25.4. The smallest absolute Gasteiger partial charge is 0.261 e. The van der Waals surface area contributed by atoms with Gasteiger partial charge in [0, 0.05) is 47.7 Å². The van der Waals surface area contributed by atoms with E-state index in [1.165, 1.54) is 0 Å². The quantitative estimate of drug-likeness (QED) is 0.209. The van der Waals surface area contributed by atoms with Gasteiger partial charge in [-0.25, -0.2) is 0 Å². The number of amides is 2. The highest BCUT2D eigenvalue weighted by Gasteiger charge is 2.65. The van der Waals surface area contributed by atoms with E-state index in [0.717, 1.165) is 24.9 Å². The van der Waals surface area contributed by atoms with Crippen molar-refractivity contribution < 1.29 is 23.5 Å². The number of nitrogens with one attached hydrogen (secondary N) is 3. The van der Waals surface area contributed by atoms with Gasteiger partial charge in [0.2, 0.25) is 14.3 Å². The predicted molar refractivity (Wildman–Crippen MR) is 167 cm³/mol. The number of fused-ring (bicyclic) bond motifs is 2. The number of nitrogens with zero attached hydrogens (tertiary/aromatic N) is 3. The van der Waals surface area contributed by atoms with Gasteiger partial charge in [0.15, 0.2) is 5.60 Å². The number of piperidine rings is 1. The Morgan fingerprint density at radius 1 is 1.27 bits per heavy atom. The Morgan fingerprint density at radius 2 is 2.07 bits per heavy atom. The summed E-state index contributed by atoms with van der Waals surface area (Å²) >= 11 is 0. The van der Waals surface area contributed by atoms with Crippen LogP contribution in [-0.4, -0.2) is 66.1 Å². The summed E-state index contributed by atoms with van der Waals surface area (Å²) in [6, 6.07) is 15.0. The molecule has 1 aromatic heterocycles. The number of ether oxygens (including phenoxy) is 1. The number of carbonyl (C=O) groups excluding carboxylic acids is 2. The molecular formula is C32H41FN6O4Si. The molecule has 234 valence electrons. The molecule has 2 aromatic carbocycles. The van der Waals surface area contributed by atoms with Crippen molar-refractivity contribution >= 4 is 31.6 Å². The fourth-order valence-electron chi connectivity index (χ4n) is 7.43. The predicted octanol–water partition coefficient (Wildman–Crippen LogP) is 4.16. The average molecular weight is 621 g/mol. The Kier molecular flexibility index (Phi) is 8.44. The number of aromatic nitrogens is 3. The SMILES string of the molecule is C[C@H]1[C@H]([Si](C)(C)F)[C@@H](CCn2cc(C(CO)c3ccccc3)nn2)O[C@]12C(=O)Nc1ccc(NC(=O)C3CCCNC3)cc12. The average Bonchev–Trinajstić information content (AvgIpc) is 3.68. The van der Waals surface area contributed by atoms with Crippen LogP contribution in [0.4, 0.5) is 15.5 Å². The lowest BCUT2D eigenvalue weighted by molar-refractivity contribution is -0.143. The van der Waals surface area contributed by atoms with Crippen molar-refractivity contribution in [1.29, 1.82) is 0 Å². The molecule has 3 aliphatic heterocycles. The lowest BCUT2D eigenvalue weighted by Gasteiger charge is -2.30. The largest absolute Gasteiger partial charge is 0.395 e. The van der Waals surface area contributed by atoms with Crippen LogP contribution in [0.3, 0.4) is 0 Å². The molecule has 4 N–H and O–H groups in total. The molecule has 2 fully saturated rings. The Hall–Kier alpha value is -3.45. The van der Waals surface area contributed by atoms with Crippen molar-refractivity contribution in [2.45, 2.75) is 69.0 Å². The summed E-state index contributed by atoms with van der Waals surface area (Å²) in [6.45, 7) is 7.12. The molecule has 2 unspecified atom stereocenters. The number of carbonyl (C=O) groups is 2. The zero-order chi connectivity index (χ0) is 31.1. The van der Waals surface area contributed by atoms with Gasteiger partial charge in [-0.15, -0.1) is 5.10 Å². The van der Waals surface area contributed by atoms with Gasteiger partial charge in [-0.3, -0.25) is 14.3 Å². The third-order valence-corrected chi connectivity index (χ3v) is 12.0. The van der Waals surface area contributed by atoms with E-state index in [0.29, 0.717) is 42.1 Å². The van der Waals surface area contributed by atoms with Crippen LogP contribution in [0.25, 0.3) is 0 Å². The fraction of sp³-hybridized carbons (Fsp3) is 0.500. The second-order valence-electron chi connectivity index (χ2n) is 12.9. The lowest BCUT2D eigenvalue weighted by Crippen LogP contribution is -2.42. The third-order valence-electron chi connectivity index (χ3n) is 9.59. The maximum atomic E-state index is 16.1. The van der Waals surface area contributed by atoms with Gasteiger partial charge in [0.05, 0.1) is 30.2 Å². The molecular weight excluding hydrogens is 579 g/mol. The normalized spacial score (nSPS) is 27.2. The lowest BCUT2D eigenvalue weighted by atomic mass is 9.82. The zero-order valence-corrected chi connectivity index (χ0v) is 26.4. The monoisotopic (exact) mass is 620 g/mol. The van der Waals surface area contributed by atoms with Crippen molar-refractivity contribution in [1.82, 2.24) is 20.3 Å². The van der Waals surface area contributed by atoms with Gasteiger partial charge in [-0.05, 0) is 62.7 Å². The van der Waals surface area contributed by atoms with Crippen LogP contribution in [0.2, 0.25) is 18.6 Å². The van der Waals surface area contributed by atoms with Crippen molar-refractivity contribution in [3.8, 4) is 0 Å². The van der Waals surface area contributed by atoms with Gasteiger partial charge in [-0.1, -0.05) is 42.5 Å². The first kappa shape index (κ1) is 30.6. The summed E-state index contributed by atoms with van der Waals surface area (Å²) < 4.78 is 24.5. The summed E-state index contributed by atoms with van der Waals surface area (Å²) in [6.07, 6.45) is 3.49. The maximum Gasteiger partial charge on any atom is 0.261 e. The molecule has 0 saturated carbocycles. The maximum absolute atomic E-state index is 16.1. The first-order chi connectivity index (χ1) is 21.1. The minimum atomic E-state index is -3.32. The van der Waals surface area contributed by atoms with Crippen LogP contribution in [0, 0.1) is 11.8 Å². The molecule has 6 atom stereocenters. The molecule has 0 radical (unpaired) electrons. The Labute approximate surface area is 257 Å². The molecule has 6 rings (SSSR count). The van der Waals surface area contributed by atoms with E-state index in [1.807, 2.05) is 49.5 Å². The molecule has 3 aliphatic rings. The van der Waals surface area contributed by atoms with Crippen molar-refractivity contribution in [3.05, 3.63) is 71.5 Å². The van der Waals surface area contributed by atoms with E-state index >= 15 is 4.11 Å². The first-order valence-electron chi connectivity index (χ1n) is 15.5. The number of anilines is 2. The molecule has 10 nitrogen and oxygen atoms in total. The van der Waals surface area contributed by atoms with Crippen LogP contribution in [0.15, 0.2) is 54.7 Å². The van der Waals surface area contributed by atoms with Crippen LogP contribution in [0.1, 0.15) is 48.9 Å². The van der Waals surface area contributed by atoms with Crippen molar-refractivity contribution in [2.24, 2.45) is 11.8 Å². The van der Waals surface area contributed by atoms with E-state index in [9.17, 15) is 14.7 Å². The molecule has 44 heavy (non-hydrogen) atoms. The van der Waals surface area contributed by atoms with Crippen LogP contribution in [0.5, 0.6) is 0 Å². The van der Waals surface area contributed by atoms with Gasteiger partial charge in [0.25, 0.3) is 5.91 Å². The topological polar surface area (TPSA) is 130 Å². The summed E-state index contributed by atoms with van der Waals surface area (Å²) in [5, 5.41) is 27.9. The number of benzene rings is 2. The van der Waals surface area contributed by atoms with E-state index in [2.05, 4.69) is 26.3 Å². The van der Waals surface area contributed by atoms with E-state index in [-0.39, 0.29) is 30.3 Å². The minimum absolute atomic E-state index is 0.0557. The fourth-order valence-corrected chi connectivity index (χ4v) is 9.97. The highest BCUT2D eigenvalue weighted by molar-refractivity contribution is 6.72. The van der Waals surface area contributed by atoms with Crippen LogP contribution < -0.4 is 16.0 Å². The molecule has 12 heteroatoms. The Bertz CT molecular complexity index is 1510. The van der Waals surface area contributed by atoms with E-state index in [1.54, 1.807) is 29.9 Å². The van der Waals surface area contributed by atoms with Crippen LogP contribution >= 0.6 is 0 Å². The Morgan fingerprint density at radius 3 is 2.77 bits per heavy atom. The minimum Gasteiger partial charge on any atom is -0.395 e. The van der Waals surface area contributed by atoms with Gasteiger partial charge in [0.1, 0.15) is 0 Å². The number of halogens is 1. The number of aliphatic hydroxyl groups is 1. The highest BCUT2D eigenvalue weighted by Crippen LogP contribution is 2.59. The number of hydrogen-bond donors (Lipinski definition) is 4. The number of aryl methyl sites for hydroxylation is 1. The van der Waals surface area contributed by atoms with Crippen LogP contribution in [-0.2, 0) is 26.5 Å². The van der Waals surface area contributed by atoms with Crippen molar-refractivity contribution in [2.75, 3.05) is 30.3 Å². The molecule has 0 aliphatic carbocycles. The molecule has 1 spiro atoms. The van der Waals surface area contributed by atoms with Gasteiger partial charge in [-0.2, -0.15) is 0 Å². The summed E-state index contributed by atoms with van der Waals surface area (Å²) in [4.78, 5) is 26.7. The summed E-state index contributed by atoms with van der Waals surface area (Å²) in [5.74, 6) is -1.21. The first-order valence-corrected chi connectivity index (χ1v) is 18.5. The van der Waals surface area contributed by atoms with Crippen molar-refractivity contribution in [3.63, 3.8) is 0 Å². The summed E-state index contributed by atoms with van der Waals surface area (Å²) in [5.41, 5.74) is 1.62. The second-order valence-corrected chi connectivity index (χ2v) is 16.7. The van der Waals surface area contributed by atoms with Gasteiger partial charge >= 0.3 is 0 Å². The number of hydrogen-bond acceptors (Lipinski definition) is 7. The molecule has 3 aromatic rings. The Balaban J connectivity index is 1.23. The van der Waals surface area contributed by atoms with E-state index in [4.69, 9.17) is 4.74 Å². The summed E-state index contributed by atoms with van der Waals surface area (Å²) in [7, 11) is -3.32. The second kappa shape index (κ2) is 12.1. The number of aliphatic hydroxyl groups excluding tert-OH is 1. The number of rotatable bonds is 9. The third kappa shape index (κ3) is 5.60. The van der Waals surface area contributed by atoms with Gasteiger partial charge < -0.3 is 29.9 Å². The highest BCUT2D eigenvalue weighted by atomic mass is 28.4. The molecule has 4 heterocycles.